The Kier molecular flexibility index (Phi) is 7.35. The molecule has 4 rings (SSSR count). The van der Waals surface area contributed by atoms with Gasteiger partial charge in [-0.05, 0) is 60.0 Å². The van der Waals surface area contributed by atoms with E-state index in [4.69, 9.17) is 4.74 Å². The van der Waals surface area contributed by atoms with Crippen molar-refractivity contribution in [1.29, 1.82) is 0 Å². The lowest BCUT2D eigenvalue weighted by molar-refractivity contribution is -0.124. The summed E-state index contributed by atoms with van der Waals surface area (Å²) in [6, 6.07) is 19.3. The highest BCUT2D eigenvalue weighted by Gasteiger charge is 2.24. The molecule has 2 amide bonds. The molecule has 3 aromatic rings. The van der Waals surface area contributed by atoms with Gasteiger partial charge in [-0.3, -0.25) is 9.59 Å². The predicted octanol–water partition coefficient (Wildman–Crippen LogP) is 5.34. The minimum atomic E-state index is -0.411. The average molecular weight is 449 g/mol. The highest BCUT2D eigenvalue weighted by Crippen LogP contribution is 2.27. The zero-order valence-corrected chi connectivity index (χ0v) is 19.0. The van der Waals surface area contributed by atoms with Crippen LogP contribution in [0.1, 0.15) is 58.6 Å². The molecule has 5 nitrogen and oxygen atoms in total. The van der Waals surface area contributed by atoms with Gasteiger partial charge in [-0.2, -0.15) is 0 Å². The summed E-state index contributed by atoms with van der Waals surface area (Å²) in [6.45, 7) is 2.78. The minimum absolute atomic E-state index is 0.163. The first-order valence-corrected chi connectivity index (χ1v) is 12.0. The maximum atomic E-state index is 13.1. The zero-order chi connectivity index (χ0) is 22.3. The number of benzene rings is 2. The van der Waals surface area contributed by atoms with E-state index in [9.17, 15) is 9.59 Å². The highest BCUT2D eigenvalue weighted by molar-refractivity contribution is 7.10. The topological polar surface area (TPSA) is 67.4 Å². The average Bonchev–Trinajstić information content (AvgIpc) is 3.53. The van der Waals surface area contributed by atoms with Crippen molar-refractivity contribution in [3.8, 4) is 0 Å². The standard InChI is InChI=1S/C26H28N2O3S/c1-2-6-18-11-13-19(14-12-18)24(23-10-5-16-32-23)28-25(29)20-7-3-8-21(17-20)27-26(30)22-9-4-15-31-22/h3,5,7-8,10-14,16-17,22,24H,2,4,6,9,15H2,1H3,(H,27,30)(H,28,29)/t22-,24+/m1/s1. The molecule has 2 atom stereocenters. The molecule has 1 aliphatic heterocycles. The maximum Gasteiger partial charge on any atom is 0.253 e. The first-order chi connectivity index (χ1) is 15.6. The summed E-state index contributed by atoms with van der Waals surface area (Å²) in [7, 11) is 0. The van der Waals surface area contributed by atoms with E-state index in [1.807, 2.05) is 17.5 Å². The normalized spacial score (nSPS) is 16.5. The molecule has 1 aliphatic rings. The van der Waals surface area contributed by atoms with Crippen molar-refractivity contribution in [3.05, 3.63) is 87.6 Å². The third-order valence-electron chi connectivity index (χ3n) is 5.57. The van der Waals surface area contributed by atoms with E-state index in [0.29, 0.717) is 17.9 Å². The van der Waals surface area contributed by atoms with Crippen molar-refractivity contribution in [3.63, 3.8) is 0 Å². The number of hydrogen-bond donors (Lipinski definition) is 2. The molecule has 0 radical (unpaired) electrons. The minimum Gasteiger partial charge on any atom is -0.368 e. The van der Waals surface area contributed by atoms with Crippen molar-refractivity contribution < 1.29 is 14.3 Å². The van der Waals surface area contributed by atoms with E-state index in [-0.39, 0.29) is 17.9 Å². The first-order valence-electron chi connectivity index (χ1n) is 11.1. The summed E-state index contributed by atoms with van der Waals surface area (Å²) in [4.78, 5) is 26.6. The van der Waals surface area contributed by atoms with Crippen LogP contribution in [0.15, 0.2) is 66.0 Å². The van der Waals surface area contributed by atoms with Gasteiger partial charge in [0.1, 0.15) is 6.10 Å². The van der Waals surface area contributed by atoms with Crippen molar-refractivity contribution in [1.82, 2.24) is 5.32 Å². The molecule has 2 N–H and O–H groups in total. The van der Waals surface area contributed by atoms with E-state index in [0.717, 1.165) is 36.1 Å². The second-order valence-corrected chi connectivity index (χ2v) is 8.96. The van der Waals surface area contributed by atoms with Crippen LogP contribution >= 0.6 is 11.3 Å². The lowest BCUT2D eigenvalue weighted by Crippen LogP contribution is -2.29. The summed E-state index contributed by atoms with van der Waals surface area (Å²) in [6.07, 6.45) is 3.35. The van der Waals surface area contributed by atoms with Crippen LogP contribution in [0.3, 0.4) is 0 Å². The number of thiophene rings is 1. The van der Waals surface area contributed by atoms with Gasteiger partial charge in [-0.1, -0.05) is 49.7 Å². The summed E-state index contributed by atoms with van der Waals surface area (Å²) in [5, 5.41) is 8.06. The van der Waals surface area contributed by atoms with Gasteiger partial charge in [0, 0.05) is 22.7 Å². The number of carbonyl (C=O) groups is 2. The largest absolute Gasteiger partial charge is 0.368 e. The molecule has 2 heterocycles. The fourth-order valence-electron chi connectivity index (χ4n) is 3.90. The monoisotopic (exact) mass is 448 g/mol. The lowest BCUT2D eigenvalue weighted by atomic mass is 10.0. The van der Waals surface area contributed by atoms with E-state index >= 15 is 0 Å². The van der Waals surface area contributed by atoms with E-state index in [2.05, 4.69) is 41.8 Å². The molecule has 166 valence electrons. The van der Waals surface area contributed by atoms with Crippen molar-refractivity contribution in [2.45, 2.75) is 44.8 Å². The quantitative estimate of drug-likeness (QED) is 0.489. The Labute approximate surface area is 192 Å². The van der Waals surface area contributed by atoms with Gasteiger partial charge in [0.2, 0.25) is 0 Å². The Bertz CT molecular complexity index is 1040. The first kappa shape index (κ1) is 22.2. The van der Waals surface area contributed by atoms with Crippen molar-refractivity contribution in [2.75, 3.05) is 11.9 Å². The molecule has 0 spiro atoms. The summed E-state index contributed by atoms with van der Waals surface area (Å²) in [5.41, 5.74) is 3.43. The van der Waals surface area contributed by atoms with Crippen LogP contribution in [-0.4, -0.2) is 24.5 Å². The third kappa shape index (κ3) is 5.44. The van der Waals surface area contributed by atoms with Gasteiger partial charge < -0.3 is 15.4 Å². The summed E-state index contributed by atoms with van der Waals surface area (Å²) < 4.78 is 5.44. The van der Waals surface area contributed by atoms with Crippen LogP contribution in [0.4, 0.5) is 5.69 Å². The zero-order valence-electron chi connectivity index (χ0n) is 18.2. The molecule has 6 heteroatoms. The molecule has 1 saturated heterocycles. The molecule has 0 aliphatic carbocycles. The fraction of sp³-hybridized carbons (Fsp3) is 0.308. The van der Waals surface area contributed by atoms with Gasteiger partial charge in [0.25, 0.3) is 11.8 Å². The predicted molar refractivity (Wildman–Crippen MR) is 128 cm³/mol. The molecular weight excluding hydrogens is 420 g/mol. The lowest BCUT2D eigenvalue weighted by Gasteiger charge is -2.19. The smallest absolute Gasteiger partial charge is 0.253 e. The molecule has 2 aromatic carbocycles. The Morgan fingerprint density at radius 2 is 1.97 bits per heavy atom. The number of amides is 2. The second kappa shape index (κ2) is 10.6. The molecule has 1 aromatic heterocycles. The molecule has 0 unspecified atom stereocenters. The van der Waals surface area contributed by atoms with E-state index < -0.39 is 6.10 Å². The maximum absolute atomic E-state index is 13.1. The fourth-order valence-corrected chi connectivity index (χ4v) is 4.70. The van der Waals surface area contributed by atoms with E-state index in [1.54, 1.807) is 35.6 Å². The van der Waals surface area contributed by atoms with Crippen LogP contribution in [0.2, 0.25) is 0 Å². The Morgan fingerprint density at radius 1 is 1.12 bits per heavy atom. The van der Waals surface area contributed by atoms with Gasteiger partial charge in [-0.25, -0.2) is 0 Å². The summed E-state index contributed by atoms with van der Waals surface area (Å²) in [5.74, 6) is -0.349. The van der Waals surface area contributed by atoms with E-state index in [1.165, 1.54) is 5.56 Å². The molecule has 0 bridgehead atoms. The molecule has 32 heavy (non-hydrogen) atoms. The SMILES string of the molecule is CCCc1ccc([C@H](NC(=O)c2cccc(NC(=O)[C@H]3CCCO3)c2)c2cccs2)cc1. The molecule has 1 fully saturated rings. The third-order valence-corrected chi connectivity index (χ3v) is 6.51. The van der Waals surface area contributed by atoms with Crippen LogP contribution in [-0.2, 0) is 16.0 Å². The number of carbonyl (C=O) groups excluding carboxylic acids is 2. The number of rotatable bonds is 8. The van der Waals surface area contributed by atoms with Gasteiger partial charge in [-0.15, -0.1) is 11.3 Å². The van der Waals surface area contributed by atoms with Crippen LogP contribution in [0, 0.1) is 0 Å². The number of anilines is 1. The van der Waals surface area contributed by atoms with Gasteiger partial charge in [0.05, 0.1) is 6.04 Å². The van der Waals surface area contributed by atoms with Crippen molar-refractivity contribution >= 4 is 28.8 Å². The molecular formula is C26H28N2O3S. The van der Waals surface area contributed by atoms with Gasteiger partial charge in [0.15, 0.2) is 0 Å². The Morgan fingerprint density at radius 3 is 2.66 bits per heavy atom. The van der Waals surface area contributed by atoms with Crippen LogP contribution in [0.5, 0.6) is 0 Å². The van der Waals surface area contributed by atoms with Crippen molar-refractivity contribution in [2.24, 2.45) is 0 Å². The molecule has 0 saturated carbocycles. The Balaban J connectivity index is 1.50. The second-order valence-electron chi connectivity index (χ2n) is 7.99. The van der Waals surface area contributed by atoms with Crippen LogP contribution < -0.4 is 10.6 Å². The number of hydrogen-bond acceptors (Lipinski definition) is 4. The highest BCUT2D eigenvalue weighted by atomic mass is 32.1. The Hall–Kier alpha value is -2.96. The number of aryl methyl sites for hydroxylation is 1. The number of nitrogens with one attached hydrogen (secondary N) is 2. The summed E-state index contributed by atoms with van der Waals surface area (Å²) >= 11 is 1.62. The number of ether oxygens (including phenoxy) is 1. The van der Waals surface area contributed by atoms with Crippen LogP contribution in [0.25, 0.3) is 0 Å². The van der Waals surface area contributed by atoms with Gasteiger partial charge >= 0.3 is 0 Å².